The average molecular weight is 266 g/mol. The van der Waals surface area contributed by atoms with Gasteiger partial charge in [0.05, 0.1) is 16.1 Å². The number of nitrogens with zero attached hydrogens (tertiary/aromatic N) is 1. The summed E-state index contributed by atoms with van der Waals surface area (Å²) in [5, 5.41) is 1.12. The first kappa shape index (κ1) is 12.6. The van der Waals surface area contributed by atoms with E-state index < -0.39 is 0 Å². The molecule has 1 heterocycles. The number of halogens is 1. The number of aromatic nitrogens is 1. The Morgan fingerprint density at radius 1 is 1.29 bits per heavy atom. The number of aryl methyl sites for hydroxylation is 3. The van der Waals surface area contributed by atoms with E-state index in [1.54, 1.807) is 11.3 Å². The highest BCUT2D eigenvalue weighted by atomic mass is 35.5. The molecule has 0 aliphatic rings. The first-order valence-corrected chi connectivity index (χ1v) is 6.95. The normalized spacial score (nSPS) is 12.7. The summed E-state index contributed by atoms with van der Waals surface area (Å²) in [7, 11) is 0. The summed E-state index contributed by atoms with van der Waals surface area (Å²) in [6.07, 6.45) is 0.867. The van der Waals surface area contributed by atoms with Gasteiger partial charge in [0.2, 0.25) is 0 Å². The molecule has 0 bridgehead atoms. The highest BCUT2D eigenvalue weighted by Gasteiger charge is 2.15. The molecular weight excluding hydrogens is 250 g/mol. The Bertz CT molecular complexity index is 519. The minimum Gasteiger partial charge on any atom is -0.247 e. The summed E-state index contributed by atoms with van der Waals surface area (Å²) in [5.74, 6) is 0. The monoisotopic (exact) mass is 265 g/mol. The standard InChI is InChI=1S/C14H16ClNS/c1-9-5-4-6-12(7-9)8-13(15)14-10(2)16-11(3)17-14/h4-7,13H,8H2,1-3H3. The molecule has 0 saturated heterocycles. The number of rotatable bonds is 3. The summed E-state index contributed by atoms with van der Waals surface area (Å²) < 4.78 is 0. The lowest BCUT2D eigenvalue weighted by Crippen LogP contribution is -1.96. The van der Waals surface area contributed by atoms with Gasteiger partial charge in [0.15, 0.2) is 0 Å². The Morgan fingerprint density at radius 3 is 2.65 bits per heavy atom. The Kier molecular flexibility index (Phi) is 3.85. The van der Waals surface area contributed by atoms with E-state index in [4.69, 9.17) is 11.6 Å². The minimum atomic E-state index is 0.0306. The van der Waals surface area contributed by atoms with Crippen molar-refractivity contribution in [2.45, 2.75) is 32.6 Å². The van der Waals surface area contributed by atoms with Crippen LogP contribution in [0.5, 0.6) is 0 Å². The van der Waals surface area contributed by atoms with Crippen LogP contribution in [0.3, 0.4) is 0 Å². The molecule has 1 unspecified atom stereocenters. The second kappa shape index (κ2) is 5.19. The zero-order chi connectivity index (χ0) is 12.4. The molecule has 0 fully saturated rings. The van der Waals surface area contributed by atoms with E-state index in [1.165, 1.54) is 16.0 Å². The van der Waals surface area contributed by atoms with Gasteiger partial charge in [-0.05, 0) is 32.8 Å². The van der Waals surface area contributed by atoms with Crippen molar-refractivity contribution in [2.75, 3.05) is 0 Å². The molecule has 2 rings (SSSR count). The van der Waals surface area contributed by atoms with E-state index in [-0.39, 0.29) is 5.38 Å². The minimum absolute atomic E-state index is 0.0306. The molecule has 0 amide bonds. The van der Waals surface area contributed by atoms with Crippen LogP contribution in [0.1, 0.15) is 32.1 Å². The van der Waals surface area contributed by atoms with Gasteiger partial charge >= 0.3 is 0 Å². The fourth-order valence-corrected chi connectivity index (χ4v) is 3.35. The fourth-order valence-electron chi connectivity index (χ4n) is 1.98. The molecule has 2 aromatic rings. The summed E-state index contributed by atoms with van der Waals surface area (Å²) >= 11 is 8.18. The second-order valence-corrected chi connectivity index (χ2v) is 6.10. The largest absolute Gasteiger partial charge is 0.247 e. The molecule has 1 aromatic carbocycles. The Morgan fingerprint density at radius 2 is 2.06 bits per heavy atom. The van der Waals surface area contributed by atoms with Crippen LogP contribution in [0.4, 0.5) is 0 Å². The maximum atomic E-state index is 6.48. The van der Waals surface area contributed by atoms with Crippen molar-refractivity contribution in [2.24, 2.45) is 0 Å². The third-order valence-corrected chi connectivity index (χ3v) is 4.41. The number of alkyl halides is 1. The van der Waals surface area contributed by atoms with Crippen molar-refractivity contribution in [3.63, 3.8) is 0 Å². The fraction of sp³-hybridized carbons (Fsp3) is 0.357. The van der Waals surface area contributed by atoms with Crippen LogP contribution < -0.4 is 0 Å². The van der Waals surface area contributed by atoms with Gasteiger partial charge in [0.1, 0.15) is 0 Å². The number of benzene rings is 1. The Labute approximate surface area is 111 Å². The first-order chi connectivity index (χ1) is 8.06. The number of hydrogen-bond donors (Lipinski definition) is 0. The lowest BCUT2D eigenvalue weighted by atomic mass is 10.1. The number of hydrogen-bond acceptors (Lipinski definition) is 2. The summed E-state index contributed by atoms with van der Waals surface area (Å²) in [6.45, 7) is 6.16. The van der Waals surface area contributed by atoms with Crippen LogP contribution in [-0.2, 0) is 6.42 Å². The highest BCUT2D eigenvalue weighted by molar-refractivity contribution is 7.12. The van der Waals surface area contributed by atoms with Gasteiger partial charge in [-0.3, -0.25) is 0 Å². The van der Waals surface area contributed by atoms with E-state index in [9.17, 15) is 0 Å². The lowest BCUT2D eigenvalue weighted by molar-refractivity contribution is 0.921. The van der Waals surface area contributed by atoms with E-state index >= 15 is 0 Å². The molecule has 1 atom stereocenters. The van der Waals surface area contributed by atoms with Crippen LogP contribution >= 0.6 is 22.9 Å². The van der Waals surface area contributed by atoms with E-state index in [2.05, 4.69) is 36.2 Å². The first-order valence-electron chi connectivity index (χ1n) is 5.70. The van der Waals surface area contributed by atoms with Crippen LogP contribution in [-0.4, -0.2) is 4.98 Å². The maximum Gasteiger partial charge on any atom is 0.0900 e. The smallest absolute Gasteiger partial charge is 0.0900 e. The van der Waals surface area contributed by atoms with Gasteiger partial charge < -0.3 is 0 Å². The summed E-state index contributed by atoms with van der Waals surface area (Å²) in [6, 6.07) is 8.51. The number of thiazole rings is 1. The molecule has 17 heavy (non-hydrogen) atoms. The van der Waals surface area contributed by atoms with Gasteiger partial charge in [0.25, 0.3) is 0 Å². The Hall–Kier alpha value is -0.860. The van der Waals surface area contributed by atoms with E-state index in [1.807, 2.05) is 13.8 Å². The molecular formula is C14H16ClNS. The molecule has 0 N–H and O–H groups in total. The van der Waals surface area contributed by atoms with Crippen molar-refractivity contribution in [3.05, 3.63) is 51.0 Å². The van der Waals surface area contributed by atoms with Crippen LogP contribution in [0.15, 0.2) is 24.3 Å². The summed E-state index contributed by atoms with van der Waals surface area (Å²) in [4.78, 5) is 5.63. The Balaban J connectivity index is 2.16. The van der Waals surface area contributed by atoms with Crippen LogP contribution in [0.2, 0.25) is 0 Å². The third kappa shape index (κ3) is 3.08. The van der Waals surface area contributed by atoms with E-state index in [0.717, 1.165) is 17.1 Å². The van der Waals surface area contributed by atoms with Gasteiger partial charge in [-0.1, -0.05) is 29.8 Å². The molecule has 1 nitrogen and oxygen atoms in total. The van der Waals surface area contributed by atoms with Crippen molar-refractivity contribution in [1.82, 2.24) is 4.98 Å². The van der Waals surface area contributed by atoms with Gasteiger partial charge in [-0.2, -0.15) is 0 Å². The molecule has 0 radical (unpaired) electrons. The molecule has 0 aliphatic heterocycles. The third-order valence-electron chi connectivity index (χ3n) is 2.72. The van der Waals surface area contributed by atoms with Gasteiger partial charge in [0, 0.05) is 4.88 Å². The zero-order valence-corrected chi connectivity index (χ0v) is 11.9. The van der Waals surface area contributed by atoms with Crippen LogP contribution in [0.25, 0.3) is 0 Å². The van der Waals surface area contributed by atoms with Crippen molar-refractivity contribution < 1.29 is 0 Å². The van der Waals surface area contributed by atoms with Crippen molar-refractivity contribution in [1.29, 1.82) is 0 Å². The molecule has 0 aliphatic carbocycles. The topological polar surface area (TPSA) is 12.9 Å². The highest BCUT2D eigenvalue weighted by Crippen LogP contribution is 2.32. The zero-order valence-electron chi connectivity index (χ0n) is 10.3. The quantitative estimate of drug-likeness (QED) is 0.740. The SMILES string of the molecule is Cc1cccc(CC(Cl)c2sc(C)nc2C)c1. The second-order valence-electron chi connectivity index (χ2n) is 4.34. The van der Waals surface area contributed by atoms with Crippen molar-refractivity contribution in [3.8, 4) is 0 Å². The molecule has 0 saturated carbocycles. The average Bonchev–Trinajstić information content (AvgIpc) is 2.58. The molecule has 1 aromatic heterocycles. The predicted octanol–water partition coefficient (Wildman–Crippen LogP) is 4.59. The molecule has 3 heteroatoms. The van der Waals surface area contributed by atoms with E-state index in [0.29, 0.717) is 0 Å². The lowest BCUT2D eigenvalue weighted by Gasteiger charge is -2.08. The van der Waals surface area contributed by atoms with Gasteiger partial charge in [-0.15, -0.1) is 22.9 Å². The van der Waals surface area contributed by atoms with Crippen LogP contribution in [0, 0.1) is 20.8 Å². The van der Waals surface area contributed by atoms with Crippen molar-refractivity contribution >= 4 is 22.9 Å². The molecule has 0 spiro atoms. The molecule has 90 valence electrons. The summed E-state index contributed by atoms with van der Waals surface area (Å²) in [5.41, 5.74) is 3.64. The predicted molar refractivity (Wildman–Crippen MR) is 75.1 cm³/mol. The van der Waals surface area contributed by atoms with Gasteiger partial charge in [-0.25, -0.2) is 4.98 Å². The maximum absolute atomic E-state index is 6.48.